The molecule has 0 aromatic carbocycles. The second-order valence-corrected chi connectivity index (χ2v) is 4.07. The summed E-state index contributed by atoms with van der Waals surface area (Å²) in [5, 5.41) is 0.960. The van der Waals surface area contributed by atoms with Crippen LogP contribution in [0.15, 0.2) is 12.3 Å². The van der Waals surface area contributed by atoms with Crippen molar-refractivity contribution < 1.29 is 0 Å². The number of halogens is 1. The molecule has 2 heterocycles. The van der Waals surface area contributed by atoms with Gasteiger partial charge in [0.1, 0.15) is 10.6 Å². The lowest BCUT2D eigenvalue weighted by atomic mass is 10.3. The summed E-state index contributed by atoms with van der Waals surface area (Å²) in [6, 6.07) is 1.99. The van der Waals surface area contributed by atoms with Gasteiger partial charge in [-0.05, 0) is 40.2 Å². The Morgan fingerprint density at radius 3 is 3.18 bits per heavy atom. The van der Waals surface area contributed by atoms with Gasteiger partial charge in [0.2, 0.25) is 0 Å². The molecule has 11 heavy (non-hydrogen) atoms. The average Bonchev–Trinajstić information content (AvgIpc) is 2.33. The highest BCUT2D eigenvalue weighted by Crippen LogP contribution is 2.23. The van der Waals surface area contributed by atoms with Gasteiger partial charge in [-0.3, -0.25) is 0 Å². The number of hydrogen-bond acceptors (Lipinski definition) is 4. The Morgan fingerprint density at radius 1 is 1.55 bits per heavy atom. The first-order valence-corrected chi connectivity index (χ1v) is 4.79. The van der Waals surface area contributed by atoms with Gasteiger partial charge in [0.15, 0.2) is 0 Å². The number of nitrogens with zero attached hydrogens (tertiary/aromatic N) is 2. The zero-order valence-corrected chi connectivity index (χ0v) is 8.39. The molecule has 0 fully saturated rings. The Kier molecular flexibility index (Phi) is 1.68. The van der Waals surface area contributed by atoms with E-state index in [1.165, 1.54) is 11.5 Å². The molecule has 0 aliphatic heterocycles. The second-order valence-electron chi connectivity index (χ2n) is 2.07. The van der Waals surface area contributed by atoms with Gasteiger partial charge in [0.25, 0.3) is 0 Å². The highest BCUT2D eigenvalue weighted by atomic mass is 127. The van der Waals surface area contributed by atoms with E-state index in [4.69, 9.17) is 5.73 Å². The van der Waals surface area contributed by atoms with Crippen LogP contribution >= 0.6 is 34.1 Å². The number of nitrogens with two attached hydrogens (primary N) is 1. The van der Waals surface area contributed by atoms with Crippen LogP contribution in [0.1, 0.15) is 0 Å². The maximum Gasteiger partial charge on any atom is 0.146 e. The van der Waals surface area contributed by atoms with E-state index in [9.17, 15) is 0 Å². The van der Waals surface area contributed by atoms with Crippen molar-refractivity contribution in [3.63, 3.8) is 0 Å². The summed E-state index contributed by atoms with van der Waals surface area (Å²) in [6.45, 7) is 0. The van der Waals surface area contributed by atoms with Crippen molar-refractivity contribution >= 4 is 50.2 Å². The van der Waals surface area contributed by atoms with Crippen molar-refractivity contribution in [2.24, 2.45) is 0 Å². The molecule has 0 saturated heterocycles. The minimum atomic E-state index is 0.580. The molecular weight excluding hydrogens is 273 g/mol. The number of anilines is 1. The molecule has 3 nitrogen and oxygen atoms in total. The van der Waals surface area contributed by atoms with Gasteiger partial charge >= 0.3 is 0 Å². The van der Waals surface area contributed by atoms with E-state index in [0.717, 1.165) is 13.8 Å². The van der Waals surface area contributed by atoms with Gasteiger partial charge in [-0.15, -0.1) is 0 Å². The summed E-state index contributed by atoms with van der Waals surface area (Å²) < 4.78 is 5.08. The smallest absolute Gasteiger partial charge is 0.146 e. The minimum absolute atomic E-state index is 0.580. The maximum atomic E-state index is 5.60. The van der Waals surface area contributed by atoms with Gasteiger partial charge in [-0.2, -0.15) is 4.37 Å². The molecule has 0 aliphatic rings. The van der Waals surface area contributed by atoms with Crippen molar-refractivity contribution in [1.29, 1.82) is 0 Å². The summed E-state index contributed by atoms with van der Waals surface area (Å²) in [4.78, 5) is 5.08. The van der Waals surface area contributed by atoms with Crippen LogP contribution in [-0.4, -0.2) is 9.36 Å². The number of rotatable bonds is 0. The van der Waals surface area contributed by atoms with Crippen molar-refractivity contribution in [3.8, 4) is 0 Å². The first-order chi connectivity index (χ1) is 5.27. The molecule has 0 saturated carbocycles. The van der Waals surface area contributed by atoms with E-state index < -0.39 is 0 Å². The molecule has 5 heteroatoms. The van der Waals surface area contributed by atoms with Crippen LogP contribution in [0.4, 0.5) is 5.82 Å². The van der Waals surface area contributed by atoms with Crippen LogP contribution in [-0.2, 0) is 0 Å². The number of nitrogen functional groups attached to an aromatic ring is 1. The predicted molar refractivity (Wildman–Crippen MR) is 54.5 cm³/mol. The lowest BCUT2D eigenvalue weighted by molar-refractivity contribution is 1.42. The van der Waals surface area contributed by atoms with Crippen molar-refractivity contribution in [2.75, 3.05) is 5.73 Å². The molecule has 2 aromatic heterocycles. The fourth-order valence-corrected chi connectivity index (χ4v) is 1.92. The summed E-state index contributed by atoms with van der Waals surface area (Å²) in [6.07, 6.45) is 1.81. The molecule has 2 N–H and O–H groups in total. The van der Waals surface area contributed by atoms with Gasteiger partial charge < -0.3 is 5.73 Å². The normalized spacial score (nSPS) is 10.6. The van der Waals surface area contributed by atoms with E-state index in [1.807, 2.05) is 6.07 Å². The molecule has 0 atom stereocenters. The Morgan fingerprint density at radius 2 is 2.36 bits per heavy atom. The number of fused-ring (bicyclic) bond motifs is 1. The highest BCUT2D eigenvalue weighted by molar-refractivity contribution is 14.1. The highest BCUT2D eigenvalue weighted by Gasteiger charge is 2.02. The fraction of sp³-hybridized carbons (Fsp3) is 0. The Hall–Kier alpha value is -0.430. The van der Waals surface area contributed by atoms with Crippen LogP contribution in [0.2, 0.25) is 0 Å². The molecule has 0 amide bonds. The fourth-order valence-electron chi connectivity index (χ4n) is 0.825. The van der Waals surface area contributed by atoms with Crippen molar-refractivity contribution in [3.05, 3.63) is 15.8 Å². The number of aromatic nitrogens is 2. The van der Waals surface area contributed by atoms with E-state index >= 15 is 0 Å². The van der Waals surface area contributed by atoms with Gasteiger partial charge in [-0.1, -0.05) is 0 Å². The van der Waals surface area contributed by atoms with Gasteiger partial charge in [0.05, 0.1) is 5.39 Å². The molecule has 0 radical (unpaired) electrons. The summed E-state index contributed by atoms with van der Waals surface area (Å²) in [7, 11) is 0. The number of hydrogen-bond donors (Lipinski definition) is 1. The lowest BCUT2D eigenvalue weighted by Crippen LogP contribution is -1.84. The Bertz CT molecular complexity index is 398. The third-order valence-electron chi connectivity index (χ3n) is 1.32. The standard InChI is InChI=1S/C6H4IN3S/c7-3-1-4-5(8)10-11-6(4)9-2-3/h1-2H,(H2,8,10). The SMILES string of the molecule is Nc1nsc2ncc(I)cc12. The topological polar surface area (TPSA) is 51.8 Å². The lowest BCUT2D eigenvalue weighted by Gasteiger charge is -1.89. The van der Waals surface area contributed by atoms with Crippen LogP contribution < -0.4 is 5.73 Å². The van der Waals surface area contributed by atoms with E-state index in [2.05, 4.69) is 31.9 Å². The average molecular weight is 277 g/mol. The summed E-state index contributed by atoms with van der Waals surface area (Å²) in [5.74, 6) is 0.580. The third-order valence-corrected chi connectivity index (χ3v) is 2.70. The Balaban J connectivity index is 2.87. The minimum Gasteiger partial charge on any atom is -0.382 e. The maximum absolute atomic E-state index is 5.60. The van der Waals surface area contributed by atoms with Gasteiger partial charge in [0, 0.05) is 9.77 Å². The predicted octanol–water partition coefficient (Wildman–Crippen LogP) is 1.88. The molecule has 0 spiro atoms. The largest absolute Gasteiger partial charge is 0.382 e. The molecule has 0 aliphatic carbocycles. The first-order valence-electron chi connectivity index (χ1n) is 2.94. The second kappa shape index (κ2) is 2.56. The van der Waals surface area contributed by atoms with Crippen molar-refractivity contribution in [2.45, 2.75) is 0 Å². The quantitative estimate of drug-likeness (QED) is 0.748. The molecule has 56 valence electrons. The molecule has 2 rings (SSSR count). The van der Waals surface area contributed by atoms with Crippen LogP contribution in [0, 0.1) is 3.57 Å². The van der Waals surface area contributed by atoms with Crippen LogP contribution in [0.5, 0.6) is 0 Å². The summed E-state index contributed by atoms with van der Waals surface area (Å²) in [5.41, 5.74) is 5.60. The van der Waals surface area contributed by atoms with Crippen LogP contribution in [0.25, 0.3) is 10.2 Å². The number of pyridine rings is 1. The van der Waals surface area contributed by atoms with Crippen LogP contribution in [0.3, 0.4) is 0 Å². The van der Waals surface area contributed by atoms with E-state index in [-0.39, 0.29) is 0 Å². The molecular formula is C6H4IN3S. The molecule has 0 unspecified atom stereocenters. The van der Waals surface area contributed by atoms with E-state index in [0.29, 0.717) is 5.82 Å². The first kappa shape index (κ1) is 7.23. The third kappa shape index (κ3) is 1.18. The molecule has 2 aromatic rings. The zero-order chi connectivity index (χ0) is 7.84. The zero-order valence-electron chi connectivity index (χ0n) is 5.41. The Labute approximate surface area is 80.9 Å². The monoisotopic (exact) mass is 277 g/mol. The van der Waals surface area contributed by atoms with E-state index in [1.54, 1.807) is 6.20 Å². The summed E-state index contributed by atoms with van der Waals surface area (Å²) >= 11 is 3.53. The van der Waals surface area contributed by atoms with Gasteiger partial charge in [-0.25, -0.2) is 4.98 Å². The molecule has 0 bridgehead atoms. The van der Waals surface area contributed by atoms with Crippen molar-refractivity contribution in [1.82, 2.24) is 9.36 Å².